The average molecular weight is 275 g/mol. The summed E-state index contributed by atoms with van der Waals surface area (Å²) in [5.41, 5.74) is 1.21. The van der Waals surface area contributed by atoms with Crippen molar-refractivity contribution in [3.8, 4) is 0 Å². The highest BCUT2D eigenvalue weighted by Crippen LogP contribution is 2.24. The van der Waals surface area contributed by atoms with Gasteiger partial charge in [-0.05, 0) is 25.0 Å². The van der Waals surface area contributed by atoms with E-state index in [-0.39, 0.29) is 17.9 Å². The van der Waals surface area contributed by atoms with E-state index in [1.807, 2.05) is 19.9 Å². The lowest BCUT2D eigenvalue weighted by atomic mass is 9.83. The molecule has 5 nitrogen and oxygen atoms in total. The number of rotatable bonds is 6. The van der Waals surface area contributed by atoms with Crippen molar-refractivity contribution in [3.63, 3.8) is 0 Å². The third-order valence-corrected chi connectivity index (χ3v) is 4.16. The second kappa shape index (κ2) is 6.05. The molecule has 0 aliphatic carbocycles. The molecule has 0 bridgehead atoms. The Bertz CT molecular complexity index is 579. The smallest absolute Gasteiger partial charge is 0.251 e. The van der Waals surface area contributed by atoms with Crippen molar-refractivity contribution in [1.82, 2.24) is 15.5 Å². The molecule has 1 amide bonds. The zero-order chi connectivity index (χ0) is 14.6. The maximum absolute atomic E-state index is 12.2. The number of nitrogens with zero attached hydrogens (tertiary/aromatic N) is 1. The lowest BCUT2D eigenvalue weighted by molar-refractivity contribution is 0.0851. The van der Waals surface area contributed by atoms with Gasteiger partial charge in [0.2, 0.25) is 0 Å². The van der Waals surface area contributed by atoms with Crippen LogP contribution in [0.2, 0.25) is 0 Å². The third-order valence-electron chi connectivity index (χ3n) is 4.16. The molecule has 2 rings (SSSR count). The number of carbonyl (C=O) groups excluding carboxylic acids is 1. The molecule has 0 spiro atoms. The number of aromatic nitrogens is 2. The predicted molar refractivity (Wildman–Crippen MR) is 78.5 cm³/mol. The largest absolute Gasteiger partial charge is 0.396 e. The highest BCUT2D eigenvalue weighted by atomic mass is 16.3. The number of aliphatic hydroxyl groups is 1. The Labute approximate surface area is 118 Å². The van der Waals surface area contributed by atoms with Gasteiger partial charge < -0.3 is 10.4 Å². The van der Waals surface area contributed by atoms with E-state index in [9.17, 15) is 9.90 Å². The molecule has 1 aromatic heterocycles. The Balaban J connectivity index is 2.07. The zero-order valence-corrected chi connectivity index (χ0v) is 11.9. The van der Waals surface area contributed by atoms with E-state index in [0.29, 0.717) is 12.1 Å². The van der Waals surface area contributed by atoms with E-state index >= 15 is 0 Å². The minimum Gasteiger partial charge on any atom is -0.396 e. The van der Waals surface area contributed by atoms with Gasteiger partial charge in [0.25, 0.3) is 5.91 Å². The first-order valence-corrected chi connectivity index (χ1v) is 6.96. The predicted octanol–water partition coefficient (Wildman–Crippen LogP) is 2.09. The number of hydrogen-bond donors (Lipinski definition) is 3. The van der Waals surface area contributed by atoms with E-state index < -0.39 is 0 Å². The number of nitrogens with one attached hydrogen (secondary N) is 2. The summed E-state index contributed by atoms with van der Waals surface area (Å²) >= 11 is 0. The SMILES string of the molecule is CCC(CC)(CO)CNC(=O)c1ccc2cn[nH]c2c1. The Morgan fingerprint density at radius 2 is 2.15 bits per heavy atom. The molecule has 0 saturated heterocycles. The Morgan fingerprint density at radius 1 is 1.40 bits per heavy atom. The van der Waals surface area contributed by atoms with Crippen LogP contribution in [-0.4, -0.2) is 34.4 Å². The first-order chi connectivity index (χ1) is 9.64. The summed E-state index contributed by atoms with van der Waals surface area (Å²) in [7, 11) is 0. The normalized spacial score (nSPS) is 11.8. The molecule has 2 aromatic rings. The summed E-state index contributed by atoms with van der Waals surface area (Å²) in [6.45, 7) is 4.63. The highest BCUT2D eigenvalue weighted by molar-refractivity contribution is 5.97. The molecular formula is C15H21N3O2. The summed E-state index contributed by atoms with van der Waals surface area (Å²) in [6, 6.07) is 5.44. The summed E-state index contributed by atoms with van der Waals surface area (Å²) in [5, 5.41) is 20.2. The van der Waals surface area contributed by atoms with Crippen LogP contribution in [0.4, 0.5) is 0 Å². The van der Waals surface area contributed by atoms with Gasteiger partial charge >= 0.3 is 0 Å². The summed E-state index contributed by atoms with van der Waals surface area (Å²) in [5.74, 6) is -0.124. The number of fused-ring (bicyclic) bond motifs is 1. The van der Waals surface area contributed by atoms with Crippen LogP contribution in [0, 0.1) is 5.41 Å². The molecule has 0 saturated carbocycles. The molecule has 0 aliphatic rings. The topological polar surface area (TPSA) is 78.0 Å². The second-order valence-corrected chi connectivity index (χ2v) is 5.22. The first kappa shape index (κ1) is 14.5. The van der Waals surface area contributed by atoms with Gasteiger partial charge in [-0.1, -0.05) is 19.9 Å². The minimum absolute atomic E-state index is 0.0832. The van der Waals surface area contributed by atoms with E-state index in [1.165, 1.54) is 0 Å². The maximum atomic E-state index is 12.2. The van der Waals surface area contributed by atoms with Crippen molar-refractivity contribution in [1.29, 1.82) is 0 Å². The van der Waals surface area contributed by atoms with E-state index in [1.54, 1.807) is 18.3 Å². The van der Waals surface area contributed by atoms with Gasteiger partial charge in [-0.25, -0.2) is 0 Å². The van der Waals surface area contributed by atoms with Crippen LogP contribution in [0.3, 0.4) is 0 Å². The van der Waals surface area contributed by atoms with Crippen molar-refractivity contribution >= 4 is 16.8 Å². The van der Waals surface area contributed by atoms with Gasteiger partial charge in [-0.2, -0.15) is 5.10 Å². The molecule has 0 radical (unpaired) electrons. The monoisotopic (exact) mass is 275 g/mol. The minimum atomic E-state index is -0.228. The first-order valence-electron chi connectivity index (χ1n) is 6.96. The third kappa shape index (κ3) is 2.82. The van der Waals surface area contributed by atoms with Crippen molar-refractivity contribution in [2.75, 3.05) is 13.2 Å². The quantitative estimate of drug-likeness (QED) is 0.755. The fraction of sp³-hybridized carbons (Fsp3) is 0.467. The number of benzene rings is 1. The lowest BCUT2D eigenvalue weighted by Crippen LogP contribution is -2.39. The Kier molecular flexibility index (Phi) is 4.39. The molecule has 0 fully saturated rings. The van der Waals surface area contributed by atoms with Crippen LogP contribution in [0.5, 0.6) is 0 Å². The van der Waals surface area contributed by atoms with Crippen LogP contribution in [0.1, 0.15) is 37.0 Å². The van der Waals surface area contributed by atoms with Gasteiger partial charge in [0.05, 0.1) is 18.3 Å². The number of aromatic amines is 1. The van der Waals surface area contributed by atoms with Crippen LogP contribution in [0.25, 0.3) is 10.9 Å². The molecule has 0 aliphatic heterocycles. The van der Waals surface area contributed by atoms with Crippen LogP contribution < -0.4 is 5.32 Å². The molecule has 1 aromatic carbocycles. The van der Waals surface area contributed by atoms with Gasteiger partial charge in [-0.15, -0.1) is 0 Å². The highest BCUT2D eigenvalue weighted by Gasteiger charge is 2.25. The fourth-order valence-corrected chi connectivity index (χ4v) is 2.23. The number of H-pyrrole nitrogens is 1. The number of amides is 1. The molecule has 0 unspecified atom stereocenters. The van der Waals surface area contributed by atoms with Gasteiger partial charge in [0, 0.05) is 22.9 Å². The average Bonchev–Trinajstić information content (AvgIpc) is 2.96. The molecule has 1 heterocycles. The maximum Gasteiger partial charge on any atom is 0.251 e. The van der Waals surface area contributed by atoms with E-state index in [0.717, 1.165) is 23.7 Å². The standard InChI is InChI=1S/C15H21N3O2/c1-3-15(4-2,10-19)9-16-14(20)11-5-6-12-8-17-18-13(12)7-11/h5-8,19H,3-4,9-10H2,1-2H3,(H,16,20)(H,17,18). The van der Waals surface area contributed by atoms with Crippen LogP contribution in [0.15, 0.2) is 24.4 Å². The van der Waals surface area contributed by atoms with Crippen molar-refractivity contribution in [2.24, 2.45) is 5.41 Å². The molecule has 108 valence electrons. The second-order valence-electron chi connectivity index (χ2n) is 5.22. The van der Waals surface area contributed by atoms with Crippen LogP contribution in [-0.2, 0) is 0 Å². The van der Waals surface area contributed by atoms with Gasteiger partial charge in [-0.3, -0.25) is 9.89 Å². The van der Waals surface area contributed by atoms with Crippen molar-refractivity contribution < 1.29 is 9.90 Å². The molecule has 3 N–H and O–H groups in total. The zero-order valence-electron chi connectivity index (χ0n) is 11.9. The van der Waals surface area contributed by atoms with Crippen LogP contribution >= 0.6 is 0 Å². The molecule has 5 heteroatoms. The van der Waals surface area contributed by atoms with Gasteiger partial charge in [0.15, 0.2) is 0 Å². The number of aliphatic hydroxyl groups excluding tert-OH is 1. The van der Waals surface area contributed by atoms with Gasteiger partial charge in [0.1, 0.15) is 0 Å². The molecule has 0 atom stereocenters. The Morgan fingerprint density at radius 3 is 2.80 bits per heavy atom. The summed E-state index contributed by atoms with van der Waals surface area (Å²) in [6.07, 6.45) is 3.39. The summed E-state index contributed by atoms with van der Waals surface area (Å²) < 4.78 is 0. The number of carbonyl (C=O) groups is 1. The molecule has 20 heavy (non-hydrogen) atoms. The van der Waals surface area contributed by atoms with Crippen molar-refractivity contribution in [3.05, 3.63) is 30.0 Å². The Hall–Kier alpha value is -1.88. The summed E-state index contributed by atoms with van der Waals surface area (Å²) in [4.78, 5) is 12.2. The van der Waals surface area contributed by atoms with E-state index in [2.05, 4.69) is 15.5 Å². The lowest BCUT2D eigenvalue weighted by Gasteiger charge is -2.29. The fourth-order valence-electron chi connectivity index (χ4n) is 2.23. The van der Waals surface area contributed by atoms with Crippen molar-refractivity contribution in [2.45, 2.75) is 26.7 Å². The molecular weight excluding hydrogens is 254 g/mol. The number of hydrogen-bond acceptors (Lipinski definition) is 3. The van der Waals surface area contributed by atoms with E-state index in [4.69, 9.17) is 0 Å².